The van der Waals surface area contributed by atoms with Crippen molar-refractivity contribution in [3.05, 3.63) is 6.33 Å². The molecule has 0 aliphatic carbocycles. The largest absolute Gasteiger partial charge is 0.368 e. The van der Waals surface area contributed by atoms with Crippen molar-refractivity contribution in [2.75, 3.05) is 17.8 Å². The highest BCUT2D eigenvalue weighted by molar-refractivity contribution is 5.88. The zero-order chi connectivity index (χ0) is 9.97. The molecule has 1 aliphatic heterocycles. The second-order valence-electron chi connectivity index (χ2n) is 3.04. The van der Waals surface area contributed by atoms with E-state index in [1.807, 2.05) is 0 Å². The first-order valence-corrected chi connectivity index (χ1v) is 4.35. The van der Waals surface area contributed by atoms with Crippen LogP contribution < -0.4 is 11.2 Å². The van der Waals surface area contributed by atoms with Crippen molar-refractivity contribution in [1.82, 2.24) is 14.9 Å². The molecule has 0 unspecified atom stereocenters. The molecule has 2 rings (SSSR count). The van der Waals surface area contributed by atoms with Crippen LogP contribution in [0.15, 0.2) is 6.33 Å². The van der Waals surface area contributed by atoms with E-state index in [4.69, 9.17) is 10.5 Å². The van der Waals surface area contributed by atoms with E-state index in [2.05, 4.69) is 15.6 Å². The van der Waals surface area contributed by atoms with E-state index < -0.39 is 0 Å². The van der Waals surface area contributed by atoms with E-state index in [1.165, 1.54) is 11.0 Å². The zero-order valence-electron chi connectivity index (χ0n) is 7.51. The first-order chi connectivity index (χ1) is 6.77. The van der Waals surface area contributed by atoms with E-state index in [-0.39, 0.29) is 18.0 Å². The smallest absolute Gasteiger partial charge is 0.268 e. The van der Waals surface area contributed by atoms with Crippen molar-refractivity contribution in [3.63, 3.8) is 0 Å². The summed E-state index contributed by atoms with van der Waals surface area (Å²) in [4.78, 5) is 11.5. The van der Waals surface area contributed by atoms with Crippen LogP contribution in [-0.2, 0) is 9.53 Å². The average Bonchev–Trinajstić information content (AvgIpc) is 2.77. The van der Waals surface area contributed by atoms with Crippen molar-refractivity contribution in [2.45, 2.75) is 18.9 Å². The van der Waals surface area contributed by atoms with Gasteiger partial charge in [-0.15, -0.1) is 10.2 Å². The van der Waals surface area contributed by atoms with Gasteiger partial charge in [0, 0.05) is 6.61 Å². The maximum atomic E-state index is 11.5. The van der Waals surface area contributed by atoms with Crippen molar-refractivity contribution >= 4 is 11.9 Å². The van der Waals surface area contributed by atoms with E-state index in [1.54, 1.807) is 0 Å². The van der Waals surface area contributed by atoms with Crippen molar-refractivity contribution in [1.29, 1.82) is 0 Å². The molecule has 3 N–H and O–H groups in total. The van der Waals surface area contributed by atoms with Crippen LogP contribution in [0.3, 0.4) is 0 Å². The summed E-state index contributed by atoms with van der Waals surface area (Å²) >= 11 is 0. The first kappa shape index (κ1) is 8.95. The lowest BCUT2D eigenvalue weighted by Gasteiger charge is -2.10. The number of anilines is 1. The van der Waals surface area contributed by atoms with Crippen LogP contribution in [0.5, 0.6) is 0 Å². The highest BCUT2D eigenvalue weighted by Crippen LogP contribution is 2.12. The second kappa shape index (κ2) is 3.62. The van der Waals surface area contributed by atoms with Crippen LogP contribution >= 0.6 is 0 Å². The normalized spacial score (nSPS) is 21.0. The SMILES string of the molecule is Nc1nncn1NC(=O)[C@@H]1CCCO1. The Morgan fingerprint density at radius 2 is 2.64 bits per heavy atom. The highest BCUT2D eigenvalue weighted by Gasteiger charge is 2.23. The van der Waals surface area contributed by atoms with Crippen LogP contribution in [0.1, 0.15) is 12.8 Å². The standard InChI is InChI=1S/C7H11N5O2/c8-7-10-9-4-12(7)11-6(13)5-2-1-3-14-5/h4-5H,1-3H2,(H2,8,10)(H,11,13)/t5-/m0/s1. The third kappa shape index (κ3) is 1.67. The lowest BCUT2D eigenvalue weighted by atomic mass is 10.2. The minimum Gasteiger partial charge on any atom is -0.368 e. The van der Waals surface area contributed by atoms with Crippen LogP contribution in [0.2, 0.25) is 0 Å². The van der Waals surface area contributed by atoms with Gasteiger partial charge in [-0.1, -0.05) is 0 Å². The topological polar surface area (TPSA) is 95.1 Å². The van der Waals surface area contributed by atoms with Gasteiger partial charge >= 0.3 is 0 Å². The van der Waals surface area contributed by atoms with Gasteiger partial charge in [0.25, 0.3) is 5.91 Å². The summed E-state index contributed by atoms with van der Waals surface area (Å²) in [6, 6.07) is 0. The second-order valence-corrected chi connectivity index (χ2v) is 3.04. The predicted octanol–water partition coefficient (Wildman–Crippen LogP) is -0.891. The Kier molecular flexibility index (Phi) is 2.32. The van der Waals surface area contributed by atoms with Gasteiger partial charge in [-0.2, -0.15) is 0 Å². The van der Waals surface area contributed by atoms with Crippen LogP contribution in [0.25, 0.3) is 0 Å². The fourth-order valence-corrected chi connectivity index (χ4v) is 1.31. The molecule has 7 heteroatoms. The maximum Gasteiger partial charge on any atom is 0.268 e. The zero-order valence-corrected chi connectivity index (χ0v) is 7.51. The Balaban J connectivity index is 1.97. The van der Waals surface area contributed by atoms with Gasteiger partial charge in [0.05, 0.1) is 0 Å². The molecule has 76 valence electrons. The molecular weight excluding hydrogens is 186 g/mol. The molecule has 1 saturated heterocycles. The summed E-state index contributed by atoms with van der Waals surface area (Å²) in [5.41, 5.74) is 7.96. The average molecular weight is 197 g/mol. The van der Waals surface area contributed by atoms with Crippen molar-refractivity contribution < 1.29 is 9.53 Å². The molecular formula is C7H11N5O2. The fraction of sp³-hybridized carbons (Fsp3) is 0.571. The van der Waals surface area contributed by atoms with Crippen molar-refractivity contribution in [2.24, 2.45) is 0 Å². The summed E-state index contributed by atoms with van der Waals surface area (Å²) in [5, 5.41) is 7.07. The molecule has 1 fully saturated rings. The monoisotopic (exact) mass is 197 g/mol. The lowest BCUT2D eigenvalue weighted by Crippen LogP contribution is -2.33. The number of carbonyl (C=O) groups is 1. The van der Waals surface area contributed by atoms with Crippen LogP contribution in [0, 0.1) is 0 Å². The molecule has 1 aliphatic rings. The van der Waals surface area contributed by atoms with Gasteiger partial charge in [-0.25, -0.2) is 4.68 Å². The van der Waals surface area contributed by atoms with Gasteiger partial charge in [0.2, 0.25) is 5.95 Å². The van der Waals surface area contributed by atoms with E-state index >= 15 is 0 Å². The molecule has 0 spiro atoms. The number of aromatic nitrogens is 3. The van der Waals surface area contributed by atoms with Gasteiger partial charge in [-0.3, -0.25) is 10.2 Å². The number of carbonyl (C=O) groups excluding carboxylic acids is 1. The summed E-state index contributed by atoms with van der Waals surface area (Å²) in [6.45, 7) is 0.635. The summed E-state index contributed by atoms with van der Waals surface area (Å²) in [6.07, 6.45) is 2.61. The third-order valence-electron chi connectivity index (χ3n) is 2.03. The number of hydrogen-bond acceptors (Lipinski definition) is 5. The maximum absolute atomic E-state index is 11.5. The first-order valence-electron chi connectivity index (χ1n) is 4.35. The van der Waals surface area contributed by atoms with Gasteiger partial charge < -0.3 is 10.5 Å². The minimum absolute atomic E-state index is 0.149. The Hall–Kier alpha value is -1.63. The molecule has 2 heterocycles. The molecule has 7 nitrogen and oxygen atoms in total. The Labute approximate surface area is 80.2 Å². The minimum atomic E-state index is -0.378. The van der Waals surface area contributed by atoms with Crippen molar-refractivity contribution in [3.8, 4) is 0 Å². The van der Waals surface area contributed by atoms with E-state index in [9.17, 15) is 4.79 Å². The molecule has 0 saturated carbocycles. The molecule has 0 radical (unpaired) electrons. The number of nitrogens with two attached hydrogens (primary N) is 1. The number of nitrogen functional groups attached to an aromatic ring is 1. The predicted molar refractivity (Wildman–Crippen MR) is 47.8 cm³/mol. The Morgan fingerprint density at radius 1 is 1.79 bits per heavy atom. The Morgan fingerprint density at radius 3 is 3.21 bits per heavy atom. The number of ether oxygens (including phenoxy) is 1. The fourth-order valence-electron chi connectivity index (χ4n) is 1.31. The van der Waals surface area contributed by atoms with E-state index in [0.717, 1.165) is 12.8 Å². The van der Waals surface area contributed by atoms with Crippen LogP contribution in [0.4, 0.5) is 5.95 Å². The number of nitrogens with one attached hydrogen (secondary N) is 1. The highest BCUT2D eigenvalue weighted by atomic mass is 16.5. The molecule has 1 atom stereocenters. The van der Waals surface area contributed by atoms with E-state index in [0.29, 0.717) is 6.61 Å². The van der Waals surface area contributed by atoms with Gasteiger partial charge in [0.15, 0.2) is 0 Å². The van der Waals surface area contributed by atoms with Crippen LogP contribution in [-0.4, -0.2) is 33.5 Å². The third-order valence-corrected chi connectivity index (χ3v) is 2.03. The lowest BCUT2D eigenvalue weighted by molar-refractivity contribution is -0.125. The number of amides is 1. The van der Waals surface area contributed by atoms with Gasteiger partial charge in [-0.05, 0) is 12.8 Å². The molecule has 14 heavy (non-hydrogen) atoms. The molecule has 1 amide bonds. The summed E-state index contributed by atoms with van der Waals surface area (Å²) in [7, 11) is 0. The summed E-state index contributed by atoms with van der Waals surface area (Å²) in [5.74, 6) is -0.0645. The quantitative estimate of drug-likeness (QED) is 0.641. The molecule has 0 bridgehead atoms. The molecule has 0 aromatic carbocycles. The van der Waals surface area contributed by atoms with Gasteiger partial charge in [0.1, 0.15) is 12.4 Å². The number of rotatable bonds is 2. The summed E-state index contributed by atoms with van der Waals surface area (Å²) < 4.78 is 6.46. The molecule has 1 aromatic heterocycles. The number of nitrogens with zero attached hydrogens (tertiary/aromatic N) is 3. The molecule has 1 aromatic rings. The Bertz CT molecular complexity index is 331. The number of hydrogen-bond donors (Lipinski definition) is 2.